The fourth-order valence-electron chi connectivity index (χ4n) is 1.82. The fraction of sp³-hybridized carbons (Fsp3) is 0.500. The Hall–Kier alpha value is -1.75. The molecule has 0 radical (unpaired) electrons. The van der Waals surface area contributed by atoms with Gasteiger partial charge in [0.05, 0.1) is 20.1 Å². The summed E-state index contributed by atoms with van der Waals surface area (Å²) in [5.41, 5.74) is 6.15. The summed E-state index contributed by atoms with van der Waals surface area (Å²) < 4.78 is 11.0. The van der Waals surface area contributed by atoms with E-state index in [1.165, 1.54) is 12.8 Å². The maximum absolute atomic E-state index is 10.8. The first-order valence-corrected chi connectivity index (χ1v) is 6.51. The van der Waals surface area contributed by atoms with Gasteiger partial charge >= 0.3 is 0 Å². The molecule has 19 heavy (non-hydrogen) atoms. The minimum Gasteiger partial charge on any atom is -0.493 e. The number of hydrogen-bond donors (Lipinski definition) is 2. The molecule has 0 bridgehead atoms. The number of ether oxygens (including phenoxy) is 2. The van der Waals surface area contributed by atoms with Gasteiger partial charge in [0.25, 0.3) is 0 Å². The first-order valence-electron chi connectivity index (χ1n) is 6.51. The number of para-hydroxylation sites is 1. The minimum atomic E-state index is -0.368. The lowest BCUT2D eigenvalue weighted by Gasteiger charge is -2.15. The molecule has 104 valence electrons. The Morgan fingerprint density at radius 1 is 1.47 bits per heavy atom. The summed E-state index contributed by atoms with van der Waals surface area (Å²) in [5, 5.41) is 3.44. The SMILES string of the molecule is COc1cccc(CNC2CC2)c1OCCC(N)=O. The van der Waals surface area contributed by atoms with Gasteiger partial charge in [-0.05, 0) is 18.9 Å². The van der Waals surface area contributed by atoms with Crippen LogP contribution in [0.5, 0.6) is 11.5 Å². The highest BCUT2D eigenvalue weighted by molar-refractivity contribution is 5.73. The average Bonchev–Trinajstić information content (AvgIpc) is 3.20. The van der Waals surface area contributed by atoms with Gasteiger partial charge in [0.2, 0.25) is 5.91 Å². The molecule has 0 unspecified atom stereocenters. The van der Waals surface area contributed by atoms with Crippen molar-refractivity contribution in [3.8, 4) is 11.5 Å². The molecule has 5 nitrogen and oxygen atoms in total. The Balaban J connectivity index is 2.03. The second-order valence-corrected chi connectivity index (χ2v) is 4.67. The maximum atomic E-state index is 10.8. The average molecular weight is 264 g/mol. The van der Waals surface area contributed by atoms with Crippen LogP contribution >= 0.6 is 0 Å². The van der Waals surface area contributed by atoms with Crippen LogP contribution in [0.15, 0.2) is 18.2 Å². The summed E-state index contributed by atoms with van der Waals surface area (Å²) in [6, 6.07) is 6.41. The highest BCUT2D eigenvalue weighted by Gasteiger charge is 2.21. The maximum Gasteiger partial charge on any atom is 0.220 e. The van der Waals surface area contributed by atoms with Gasteiger partial charge < -0.3 is 20.5 Å². The second kappa shape index (κ2) is 6.43. The smallest absolute Gasteiger partial charge is 0.220 e. The lowest BCUT2D eigenvalue weighted by atomic mass is 10.2. The number of nitrogens with one attached hydrogen (secondary N) is 1. The van der Waals surface area contributed by atoms with Crippen molar-refractivity contribution in [3.05, 3.63) is 23.8 Å². The molecule has 1 aromatic rings. The van der Waals surface area contributed by atoms with E-state index >= 15 is 0 Å². The van der Waals surface area contributed by atoms with E-state index in [2.05, 4.69) is 5.32 Å². The van der Waals surface area contributed by atoms with Crippen LogP contribution < -0.4 is 20.5 Å². The third-order valence-corrected chi connectivity index (χ3v) is 3.03. The molecule has 0 heterocycles. The van der Waals surface area contributed by atoms with E-state index in [1.54, 1.807) is 7.11 Å². The summed E-state index contributed by atoms with van der Waals surface area (Å²) in [6.07, 6.45) is 2.68. The highest BCUT2D eigenvalue weighted by Crippen LogP contribution is 2.32. The first kappa shape index (κ1) is 13.7. The largest absolute Gasteiger partial charge is 0.493 e. The number of amides is 1. The quantitative estimate of drug-likeness (QED) is 0.740. The Morgan fingerprint density at radius 3 is 2.89 bits per heavy atom. The molecule has 0 aromatic heterocycles. The van der Waals surface area contributed by atoms with Crippen LogP contribution in [-0.2, 0) is 11.3 Å². The van der Waals surface area contributed by atoms with Crippen LogP contribution in [0.25, 0.3) is 0 Å². The van der Waals surface area contributed by atoms with Gasteiger partial charge in [-0.3, -0.25) is 4.79 Å². The Bertz CT molecular complexity index is 444. The zero-order valence-electron chi connectivity index (χ0n) is 11.1. The summed E-state index contributed by atoms with van der Waals surface area (Å²) in [5.74, 6) is 1.01. The van der Waals surface area contributed by atoms with Gasteiger partial charge in [-0.15, -0.1) is 0 Å². The van der Waals surface area contributed by atoms with Crippen LogP contribution in [0.2, 0.25) is 0 Å². The highest BCUT2D eigenvalue weighted by atomic mass is 16.5. The van der Waals surface area contributed by atoms with Crippen LogP contribution in [0.3, 0.4) is 0 Å². The van der Waals surface area contributed by atoms with Crippen LogP contribution in [0, 0.1) is 0 Å². The van der Waals surface area contributed by atoms with Crippen molar-refractivity contribution in [1.82, 2.24) is 5.32 Å². The second-order valence-electron chi connectivity index (χ2n) is 4.67. The number of methoxy groups -OCH3 is 1. The topological polar surface area (TPSA) is 73.6 Å². The number of rotatable bonds is 8. The zero-order valence-corrected chi connectivity index (χ0v) is 11.1. The summed E-state index contributed by atoms with van der Waals surface area (Å²) in [6.45, 7) is 1.01. The van der Waals surface area contributed by atoms with E-state index in [0.29, 0.717) is 17.5 Å². The first-order chi connectivity index (χ1) is 9.20. The molecule has 0 saturated heterocycles. The predicted octanol–water partition coefficient (Wildman–Crippen LogP) is 1.20. The molecule has 3 N–H and O–H groups in total. The lowest BCUT2D eigenvalue weighted by Crippen LogP contribution is -2.18. The van der Waals surface area contributed by atoms with Crippen molar-refractivity contribution >= 4 is 5.91 Å². The molecule has 1 aromatic carbocycles. The number of nitrogens with two attached hydrogens (primary N) is 1. The van der Waals surface area contributed by atoms with E-state index in [-0.39, 0.29) is 18.9 Å². The molecule has 1 aliphatic rings. The molecule has 5 heteroatoms. The predicted molar refractivity (Wildman–Crippen MR) is 72.2 cm³/mol. The fourth-order valence-corrected chi connectivity index (χ4v) is 1.82. The van der Waals surface area contributed by atoms with Crippen molar-refractivity contribution in [3.63, 3.8) is 0 Å². The third-order valence-electron chi connectivity index (χ3n) is 3.03. The monoisotopic (exact) mass is 264 g/mol. The molecular weight excluding hydrogens is 244 g/mol. The molecule has 0 aliphatic heterocycles. The molecule has 2 rings (SSSR count). The van der Waals surface area contributed by atoms with Gasteiger partial charge in [-0.1, -0.05) is 12.1 Å². The van der Waals surface area contributed by atoms with E-state index in [1.807, 2.05) is 18.2 Å². The lowest BCUT2D eigenvalue weighted by molar-refractivity contribution is -0.118. The Kier molecular flexibility index (Phi) is 4.63. The summed E-state index contributed by atoms with van der Waals surface area (Å²) in [4.78, 5) is 10.8. The minimum absolute atomic E-state index is 0.202. The van der Waals surface area contributed by atoms with E-state index in [0.717, 1.165) is 12.1 Å². The normalized spacial score (nSPS) is 14.2. The van der Waals surface area contributed by atoms with Crippen molar-refractivity contribution in [2.75, 3.05) is 13.7 Å². The number of benzene rings is 1. The molecule has 0 spiro atoms. The molecule has 1 amide bonds. The third kappa shape index (κ3) is 4.13. The van der Waals surface area contributed by atoms with Gasteiger partial charge in [0.1, 0.15) is 0 Å². The number of primary amides is 1. The standard InChI is InChI=1S/C14H20N2O3/c1-18-12-4-2-3-10(9-16-11-5-6-11)14(12)19-8-7-13(15)17/h2-4,11,16H,5-9H2,1H3,(H2,15,17). The number of carbonyl (C=O) groups excluding carboxylic acids is 1. The van der Waals surface area contributed by atoms with Gasteiger partial charge in [0.15, 0.2) is 11.5 Å². The number of hydrogen-bond acceptors (Lipinski definition) is 4. The van der Waals surface area contributed by atoms with E-state index < -0.39 is 0 Å². The van der Waals surface area contributed by atoms with E-state index in [9.17, 15) is 4.79 Å². The van der Waals surface area contributed by atoms with Crippen molar-refractivity contribution in [1.29, 1.82) is 0 Å². The van der Waals surface area contributed by atoms with Gasteiger partial charge in [0, 0.05) is 18.2 Å². The van der Waals surface area contributed by atoms with Crippen molar-refractivity contribution in [2.24, 2.45) is 5.73 Å². The van der Waals surface area contributed by atoms with Crippen LogP contribution in [-0.4, -0.2) is 25.7 Å². The molecule has 1 fully saturated rings. The Morgan fingerprint density at radius 2 is 2.26 bits per heavy atom. The number of carbonyl (C=O) groups is 1. The molecule has 1 saturated carbocycles. The van der Waals surface area contributed by atoms with Gasteiger partial charge in [-0.25, -0.2) is 0 Å². The van der Waals surface area contributed by atoms with Crippen molar-refractivity contribution < 1.29 is 14.3 Å². The van der Waals surface area contributed by atoms with Crippen molar-refractivity contribution in [2.45, 2.75) is 31.8 Å². The zero-order chi connectivity index (χ0) is 13.7. The summed E-state index contributed by atoms with van der Waals surface area (Å²) in [7, 11) is 1.61. The van der Waals surface area contributed by atoms with Gasteiger partial charge in [-0.2, -0.15) is 0 Å². The van der Waals surface area contributed by atoms with Crippen LogP contribution in [0.1, 0.15) is 24.8 Å². The summed E-state index contributed by atoms with van der Waals surface area (Å²) >= 11 is 0. The molecule has 0 atom stereocenters. The Labute approximate surface area is 113 Å². The van der Waals surface area contributed by atoms with Crippen LogP contribution in [0.4, 0.5) is 0 Å². The van der Waals surface area contributed by atoms with E-state index in [4.69, 9.17) is 15.2 Å². The molecule has 1 aliphatic carbocycles. The molecular formula is C14H20N2O3.